The molecule has 0 N–H and O–H groups in total. The molecule has 1 rings (SSSR count). The van der Waals surface area contributed by atoms with E-state index in [0.29, 0.717) is 0 Å². The molecule has 0 spiro atoms. The maximum Gasteiger partial charge on any atom is 0.0927 e. The fourth-order valence-electron chi connectivity index (χ4n) is 0.487. The van der Waals surface area contributed by atoms with Crippen LogP contribution < -0.4 is 0 Å². The van der Waals surface area contributed by atoms with Gasteiger partial charge in [0, 0.05) is 13.9 Å². The molecule has 1 heteroatoms. The van der Waals surface area contributed by atoms with E-state index in [2.05, 4.69) is 13.6 Å². The van der Waals surface area contributed by atoms with Crippen molar-refractivity contribution in [3.63, 3.8) is 0 Å². The molecule has 1 aliphatic heterocycles. The van der Waals surface area contributed by atoms with Gasteiger partial charge in [-0.15, -0.1) is 0 Å². The maximum atomic E-state index is 2.47. The average molecular weight is 103 g/mol. The zero-order chi connectivity index (χ0) is 4.62. The predicted molar refractivity (Wildman–Crippen MR) is 33.1 cm³/mol. The monoisotopic (exact) mass is 103 g/mol. The molecule has 1 aliphatic rings. The lowest BCUT2D eigenvalue weighted by Crippen LogP contribution is -1.69. The number of hydrogen-bond donors (Lipinski definition) is 0. The lowest BCUT2D eigenvalue weighted by atomic mass is 11.0. The summed E-state index contributed by atoms with van der Waals surface area (Å²) in [6.07, 6.45) is 4.67. The first-order chi connectivity index (χ1) is 2.77. The molecule has 36 valence electrons. The molecule has 0 aliphatic carbocycles. The van der Waals surface area contributed by atoms with Gasteiger partial charge in [0.2, 0.25) is 0 Å². The third kappa shape index (κ3) is 0.733. The van der Waals surface area contributed by atoms with Crippen molar-refractivity contribution in [3.8, 4) is 0 Å². The highest BCUT2D eigenvalue weighted by Crippen LogP contribution is 2.68. The number of rotatable bonds is 1. The third-order valence-corrected chi connectivity index (χ3v) is 5.25. The predicted octanol–water partition coefficient (Wildman–Crippen LogP) is 1.67. The molecule has 1 fully saturated rings. The first-order valence-corrected chi connectivity index (χ1v) is 5.39. The van der Waals surface area contributed by atoms with Gasteiger partial charge < -0.3 is 0 Å². The molecule has 0 atom stereocenters. The van der Waals surface area contributed by atoms with Crippen molar-refractivity contribution in [1.29, 1.82) is 0 Å². The Morgan fingerprint density at radius 2 is 2.00 bits per heavy atom. The SMILES string of the molecule is CC[P+]1(C)CC1. The van der Waals surface area contributed by atoms with E-state index in [0.717, 1.165) is 0 Å². The minimum absolute atomic E-state index is 0.147. The molecule has 1 saturated heterocycles. The normalized spacial score (nSPS) is 27.0. The summed E-state index contributed by atoms with van der Waals surface area (Å²) in [6.45, 7) is 4.79. The fraction of sp³-hybridized carbons (Fsp3) is 1.00. The van der Waals surface area contributed by atoms with E-state index in [1.165, 1.54) is 6.16 Å². The Morgan fingerprint density at radius 3 is 2.00 bits per heavy atom. The zero-order valence-corrected chi connectivity index (χ0v) is 5.46. The standard InChI is InChI=1S/C5H12P/c1-3-6(2)4-5-6/h3-5H2,1-2H3/q+1. The molecular weight excluding hydrogens is 91.0 g/mol. The second kappa shape index (κ2) is 1.20. The van der Waals surface area contributed by atoms with Crippen molar-refractivity contribution in [2.24, 2.45) is 0 Å². The molecule has 0 aromatic heterocycles. The van der Waals surface area contributed by atoms with E-state index in [4.69, 9.17) is 0 Å². The summed E-state index contributed by atoms with van der Waals surface area (Å²) in [5, 5.41) is 0. The van der Waals surface area contributed by atoms with Crippen LogP contribution in [0.3, 0.4) is 0 Å². The highest BCUT2D eigenvalue weighted by molar-refractivity contribution is 7.82. The van der Waals surface area contributed by atoms with Gasteiger partial charge in [0.1, 0.15) is 0 Å². The Kier molecular flexibility index (Phi) is 0.916. The summed E-state index contributed by atoms with van der Waals surface area (Å²) >= 11 is 0. The molecule has 0 radical (unpaired) electrons. The summed E-state index contributed by atoms with van der Waals surface area (Å²) in [5.41, 5.74) is 0. The van der Waals surface area contributed by atoms with Gasteiger partial charge in [0.05, 0.1) is 18.5 Å². The Labute approximate surface area is 40.3 Å². The van der Waals surface area contributed by atoms with Crippen LogP contribution in [0.15, 0.2) is 0 Å². The Balaban J connectivity index is 2.28. The third-order valence-electron chi connectivity index (χ3n) is 1.75. The van der Waals surface area contributed by atoms with Gasteiger partial charge in [-0.3, -0.25) is 0 Å². The summed E-state index contributed by atoms with van der Waals surface area (Å²) < 4.78 is 0. The lowest BCUT2D eigenvalue weighted by Gasteiger charge is -1.88. The van der Waals surface area contributed by atoms with Crippen LogP contribution in [-0.4, -0.2) is 25.2 Å². The van der Waals surface area contributed by atoms with Gasteiger partial charge in [0.15, 0.2) is 0 Å². The van der Waals surface area contributed by atoms with E-state index < -0.39 is 0 Å². The second-order valence-corrected chi connectivity index (χ2v) is 7.15. The Bertz CT molecular complexity index is 55.0. The average Bonchev–Trinajstić information content (AvgIpc) is 2.22. The van der Waals surface area contributed by atoms with Crippen LogP contribution in [0.25, 0.3) is 0 Å². The summed E-state index contributed by atoms with van der Waals surface area (Å²) in [6, 6.07) is 0. The first kappa shape index (κ1) is 4.59. The van der Waals surface area contributed by atoms with Crippen molar-refractivity contribution in [2.45, 2.75) is 6.92 Å². The lowest BCUT2D eigenvalue weighted by molar-refractivity contribution is 1.49. The quantitative estimate of drug-likeness (QED) is 0.443. The van der Waals surface area contributed by atoms with Crippen molar-refractivity contribution in [3.05, 3.63) is 0 Å². The van der Waals surface area contributed by atoms with Crippen molar-refractivity contribution in [2.75, 3.05) is 25.2 Å². The van der Waals surface area contributed by atoms with Crippen molar-refractivity contribution >= 4 is 7.26 Å². The summed E-state index contributed by atoms with van der Waals surface area (Å²) in [7, 11) is -0.147. The van der Waals surface area contributed by atoms with Crippen LogP contribution in [0.4, 0.5) is 0 Å². The minimum atomic E-state index is -0.147. The second-order valence-electron chi connectivity index (χ2n) is 2.38. The van der Waals surface area contributed by atoms with Crippen molar-refractivity contribution < 1.29 is 0 Å². The van der Waals surface area contributed by atoms with Gasteiger partial charge in [-0.25, -0.2) is 0 Å². The van der Waals surface area contributed by atoms with E-state index in [-0.39, 0.29) is 7.26 Å². The molecule has 6 heavy (non-hydrogen) atoms. The molecule has 0 bridgehead atoms. The Hall–Kier alpha value is 0.430. The first-order valence-electron chi connectivity index (χ1n) is 2.60. The smallest absolute Gasteiger partial charge is 0.0311 e. The van der Waals surface area contributed by atoms with Crippen LogP contribution >= 0.6 is 7.26 Å². The van der Waals surface area contributed by atoms with E-state index in [1.807, 2.05) is 0 Å². The molecule has 0 amide bonds. The molecule has 0 unspecified atom stereocenters. The minimum Gasteiger partial charge on any atom is -0.0311 e. The van der Waals surface area contributed by atoms with E-state index >= 15 is 0 Å². The van der Waals surface area contributed by atoms with Crippen LogP contribution in [-0.2, 0) is 0 Å². The number of hydrogen-bond acceptors (Lipinski definition) is 0. The van der Waals surface area contributed by atoms with Crippen molar-refractivity contribution in [1.82, 2.24) is 0 Å². The summed E-state index contributed by atoms with van der Waals surface area (Å²) in [5.74, 6) is 0. The Morgan fingerprint density at radius 1 is 1.50 bits per heavy atom. The molecule has 0 aromatic rings. The van der Waals surface area contributed by atoms with Gasteiger partial charge in [-0.1, -0.05) is 0 Å². The van der Waals surface area contributed by atoms with Gasteiger partial charge in [0.25, 0.3) is 0 Å². The van der Waals surface area contributed by atoms with Crippen LogP contribution in [0.5, 0.6) is 0 Å². The zero-order valence-electron chi connectivity index (χ0n) is 4.57. The maximum absolute atomic E-state index is 2.47. The van der Waals surface area contributed by atoms with Crippen LogP contribution in [0.1, 0.15) is 6.92 Å². The molecule has 1 heterocycles. The molecular formula is C5H12P+. The fourth-order valence-corrected chi connectivity index (χ4v) is 2.49. The highest BCUT2D eigenvalue weighted by Gasteiger charge is 2.44. The summed E-state index contributed by atoms with van der Waals surface area (Å²) in [4.78, 5) is 0. The van der Waals surface area contributed by atoms with E-state index in [1.54, 1.807) is 12.3 Å². The van der Waals surface area contributed by atoms with E-state index in [9.17, 15) is 0 Å². The topological polar surface area (TPSA) is 0 Å². The van der Waals surface area contributed by atoms with Crippen LogP contribution in [0, 0.1) is 0 Å². The molecule has 0 nitrogen and oxygen atoms in total. The highest BCUT2D eigenvalue weighted by atomic mass is 31.2. The van der Waals surface area contributed by atoms with Gasteiger partial charge in [-0.2, -0.15) is 0 Å². The molecule has 0 saturated carbocycles. The largest absolute Gasteiger partial charge is 0.0927 e. The van der Waals surface area contributed by atoms with Gasteiger partial charge in [-0.05, 0) is 6.92 Å². The van der Waals surface area contributed by atoms with Crippen LogP contribution in [0.2, 0.25) is 0 Å². The molecule has 0 aromatic carbocycles. The van der Waals surface area contributed by atoms with Gasteiger partial charge >= 0.3 is 0 Å².